The molecular formula is C24H23FN8O2. The summed E-state index contributed by atoms with van der Waals surface area (Å²) in [6, 6.07) is 4.73. The number of H-pyrrole nitrogens is 1. The van der Waals surface area contributed by atoms with Crippen LogP contribution in [0.2, 0.25) is 0 Å². The molecule has 5 N–H and O–H groups in total. The van der Waals surface area contributed by atoms with Crippen molar-refractivity contribution in [3.05, 3.63) is 41.5 Å². The van der Waals surface area contributed by atoms with E-state index in [1.807, 2.05) is 0 Å². The molecule has 0 radical (unpaired) electrons. The predicted octanol–water partition coefficient (Wildman–Crippen LogP) is 2.65. The lowest BCUT2D eigenvalue weighted by molar-refractivity contribution is 0.0965. The summed E-state index contributed by atoms with van der Waals surface area (Å²) in [5.41, 5.74) is 9.64. The number of nitrogens with one attached hydrogen (secondary N) is 3. The van der Waals surface area contributed by atoms with Crippen molar-refractivity contribution in [3.8, 4) is 11.8 Å². The molecule has 5 heterocycles. The zero-order valence-electron chi connectivity index (χ0n) is 19.0. The number of fused-ring (bicyclic) bond motifs is 4. The second-order valence-electron chi connectivity index (χ2n) is 9.60. The molecule has 1 aliphatic carbocycles. The van der Waals surface area contributed by atoms with Crippen molar-refractivity contribution in [2.24, 2.45) is 11.1 Å². The number of nitrogens with zero attached hydrogens (tertiary/aromatic N) is 4. The average molecular weight is 475 g/mol. The van der Waals surface area contributed by atoms with E-state index in [0.29, 0.717) is 52.6 Å². The minimum absolute atomic E-state index is 0.0473. The lowest BCUT2D eigenvalue weighted by atomic mass is 10.0. The van der Waals surface area contributed by atoms with E-state index in [4.69, 9.17) is 15.5 Å². The molecule has 0 unspecified atom stereocenters. The minimum atomic E-state index is -0.353. The number of aromatic nitrogens is 4. The van der Waals surface area contributed by atoms with Crippen LogP contribution in [0.5, 0.6) is 11.8 Å². The third kappa shape index (κ3) is 3.04. The summed E-state index contributed by atoms with van der Waals surface area (Å²) in [7, 11) is 1.74. The Kier molecular flexibility index (Phi) is 4.09. The molecule has 3 aliphatic rings. The van der Waals surface area contributed by atoms with Crippen molar-refractivity contribution in [2.75, 3.05) is 30.4 Å². The molecule has 1 aromatic carbocycles. The monoisotopic (exact) mass is 474 g/mol. The van der Waals surface area contributed by atoms with Gasteiger partial charge in [-0.25, -0.2) is 4.39 Å². The number of hydrogen-bond acceptors (Lipinski definition) is 8. The molecule has 3 aromatic heterocycles. The number of carbonyl (C=O) groups excluding carboxylic acids is 1. The van der Waals surface area contributed by atoms with Gasteiger partial charge in [0.25, 0.3) is 5.91 Å². The van der Waals surface area contributed by atoms with E-state index in [-0.39, 0.29) is 29.2 Å². The highest BCUT2D eigenvalue weighted by molar-refractivity contribution is 6.14. The Hall–Kier alpha value is -3.99. The Labute approximate surface area is 199 Å². The van der Waals surface area contributed by atoms with E-state index in [0.717, 1.165) is 30.3 Å². The first-order valence-corrected chi connectivity index (χ1v) is 11.6. The maximum Gasteiger partial charge on any atom is 0.326 e. The van der Waals surface area contributed by atoms with Crippen LogP contribution < -0.4 is 26.0 Å². The van der Waals surface area contributed by atoms with Crippen LogP contribution in [0.15, 0.2) is 24.4 Å². The first-order valence-electron chi connectivity index (χ1n) is 11.6. The molecular weight excluding hydrogens is 451 g/mol. The predicted molar refractivity (Wildman–Crippen MR) is 128 cm³/mol. The molecule has 1 spiro atoms. The first-order chi connectivity index (χ1) is 16.9. The van der Waals surface area contributed by atoms with Gasteiger partial charge in [0.15, 0.2) is 0 Å². The number of ether oxygens (including phenoxy) is 1. The van der Waals surface area contributed by atoms with Crippen LogP contribution in [-0.2, 0) is 6.54 Å². The normalized spacial score (nSPS) is 20.0. The lowest BCUT2D eigenvalue weighted by Crippen LogP contribution is -2.30. The molecule has 1 saturated heterocycles. The third-order valence-electron chi connectivity index (χ3n) is 7.47. The van der Waals surface area contributed by atoms with Gasteiger partial charge in [-0.1, -0.05) is 0 Å². The Morgan fingerprint density at radius 2 is 2.14 bits per heavy atom. The number of anilines is 2. The Morgan fingerprint density at radius 1 is 1.29 bits per heavy atom. The lowest BCUT2D eigenvalue weighted by Gasteiger charge is -2.19. The molecule has 7 rings (SSSR count). The number of hydrogen-bond donors (Lipinski definition) is 4. The van der Waals surface area contributed by atoms with Gasteiger partial charge in [0.2, 0.25) is 0 Å². The quantitative estimate of drug-likeness (QED) is 0.355. The minimum Gasteiger partial charge on any atom is -0.423 e. The molecule has 1 amide bonds. The van der Waals surface area contributed by atoms with Crippen molar-refractivity contribution >= 4 is 39.3 Å². The fourth-order valence-electron chi connectivity index (χ4n) is 5.37. The number of benzene rings is 1. The summed E-state index contributed by atoms with van der Waals surface area (Å²) >= 11 is 0. The van der Waals surface area contributed by atoms with Crippen molar-refractivity contribution in [3.63, 3.8) is 0 Å². The van der Waals surface area contributed by atoms with E-state index in [2.05, 4.69) is 30.5 Å². The van der Waals surface area contributed by atoms with Gasteiger partial charge in [0.05, 0.1) is 40.6 Å². The highest BCUT2D eigenvalue weighted by Gasteiger charge is 2.54. The zero-order valence-corrected chi connectivity index (χ0v) is 19.0. The molecule has 11 heteroatoms. The first kappa shape index (κ1) is 20.4. The van der Waals surface area contributed by atoms with Crippen LogP contribution in [0.3, 0.4) is 0 Å². The van der Waals surface area contributed by atoms with Gasteiger partial charge in [-0.05, 0) is 31.0 Å². The van der Waals surface area contributed by atoms with E-state index < -0.39 is 0 Å². The van der Waals surface area contributed by atoms with Crippen LogP contribution in [-0.4, -0.2) is 52.0 Å². The summed E-state index contributed by atoms with van der Waals surface area (Å²) < 4.78 is 20.5. The number of nitrogens with two attached hydrogens (primary N) is 1. The van der Waals surface area contributed by atoms with Crippen LogP contribution in [0, 0.1) is 11.2 Å². The number of amides is 1. The maximum absolute atomic E-state index is 14.5. The van der Waals surface area contributed by atoms with Crippen LogP contribution >= 0.6 is 0 Å². The summed E-state index contributed by atoms with van der Waals surface area (Å²) in [5, 5.41) is 7.20. The molecule has 0 bridgehead atoms. The van der Waals surface area contributed by atoms with E-state index in [1.54, 1.807) is 19.3 Å². The van der Waals surface area contributed by atoms with E-state index >= 15 is 0 Å². The van der Waals surface area contributed by atoms with Gasteiger partial charge in [0, 0.05) is 37.0 Å². The molecule has 35 heavy (non-hydrogen) atoms. The zero-order chi connectivity index (χ0) is 23.9. The van der Waals surface area contributed by atoms with Crippen molar-refractivity contribution in [1.29, 1.82) is 0 Å². The van der Waals surface area contributed by atoms with E-state index in [1.165, 1.54) is 12.1 Å². The summed E-state index contributed by atoms with van der Waals surface area (Å²) in [4.78, 5) is 31.2. The average Bonchev–Trinajstić information content (AvgIpc) is 3.25. The fourth-order valence-corrected chi connectivity index (χ4v) is 5.37. The Balaban J connectivity index is 1.39. The smallest absolute Gasteiger partial charge is 0.326 e. The second-order valence-corrected chi connectivity index (χ2v) is 9.60. The number of carbonyl (C=O) groups is 1. The molecule has 178 valence electrons. The SMILES string of the molecule is CNc1cc(F)cc2c1[nH]c1nc(Oc3cnc4c(c3)C(=O)NC4)nc(N3C[C@H](N)C4(CC4)C3)c12. The van der Waals surface area contributed by atoms with Crippen molar-refractivity contribution in [2.45, 2.75) is 25.4 Å². The van der Waals surface area contributed by atoms with Gasteiger partial charge in [-0.3, -0.25) is 9.78 Å². The highest BCUT2D eigenvalue weighted by Crippen LogP contribution is 2.53. The number of pyridine rings is 1. The molecule has 2 fully saturated rings. The Bertz CT molecular complexity index is 1550. The second kappa shape index (κ2) is 7.01. The Morgan fingerprint density at radius 3 is 2.91 bits per heavy atom. The highest BCUT2D eigenvalue weighted by atomic mass is 19.1. The summed E-state index contributed by atoms with van der Waals surface area (Å²) in [5.74, 6) is 0.470. The number of aromatic amines is 1. The summed E-state index contributed by atoms with van der Waals surface area (Å²) in [6.07, 6.45) is 3.74. The van der Waals surface area contributed by atoms with Crippen LogP contribution in [0.1, 0.15) is 28.9 Å². The maximum atomic E-state index is 14.5. The molecule has 1 saturated carbocycles. The largest absolute Gasteiger partial charge is 0.423 e. The standard InChI is InChI=1S/C24H23FN8O2/c1-27-15-5-11(25)4-14-18-20(30-19(14)15)31-23(32-21(18)33-9-17(26)24(10-33)2-3-24)35-12-6-13-16(28-7-12)8-29-22(13)34/h4-7,17,27H,2-3,8-10,26H2,1H3,(H,29,34)(H,30,31,32)/t17-/m0/s1. The number of rotatable bonds is 4. The molecule has 1 atom stereocenters. The van der Waals surface area contributed by atoms with Gasteiger partial charge in [-0.15, -0.1) is 0 Å². The van der Waals surface area contributed by atoms with E-state index in [9.17, 15) is 9.18 Å². The van der Waals surface area contributed by atoms with Crippen molar-refractivity contribution < 1.29 is 13.9 Å². The molecule has 2 aliphatic heterocycles. The van der Waals surface area contributed by atoms with Gasteiger partial charge >= 0.3 is 6.01 Å². The van der Waals surface area contributed by atoms with Gasteiger partial charge < -0.3 is 31.0 Å². The third-order valence-corrected chi connectivity index (χ3v) is 7.47. The van der Waals surface area contributed by atoms with Gasteiger partial charge in [0.1, 0.15) is 23.0 Å². The van der Waals surface area contributed by atoms with Crippen LogP contribution in [0.4, 0.5) is 15.9 Å². The summed E-state index contributed by atoms with van der Waals surface area (Å²) in [6.45, 7) is 1.83. The fraction of sp³-hybridized carbons (Fsp3) is 0.333. The molecule has 4 aromatic rings. The van der Waals surface area contributed by atoms with Crippen LogP contribution in [0.25, 0.3) is 21.9 Å². The molecule has 10 nitrogen and oxygen atoms in total. The van der Waals surface area contributed by atoms with Crippen molar-refractivity contribution in [1.82, 2.24) is 25.3 Å². The number of halogens is 1. The topological polar surface area (TPSA) is 134 Å². The van der Waals surface area contributed by atoms with Gasteiger partial charge in [-0.2, -0.15) is 9.97 Å².